The van der Waals surface area contributed by atoms with Crippen molar-refractivity contribution in [3.63, 3.8) is 0 Å². The molecule has 0 unspecified atom stereocenters. The summed E-state index contributed by atoms with van der Waals surface area (Å²) >= 11 is 13.3. The van der Waals surface area contributed by atoms with Crippen molar-refractivity contribution in [2.75, 3.05) is 17.6 Å². The number of halogens is 2. The normalized spacial score (nSPS) is 10.5. The van der Waals surface area contributed by atoms with Crippen LogP contribution in [0.4, 0.5) is 10.8 Å². The zero-order chi connectivity index (χ0) is 12.3. The number of benzene rings is 1. The van der Waals surface area contributed by atoms with E-state index in [0.29, 0.717) is 15.9 Å². The van der Waals surface area contributed by atoms with Crippen molar-refractivity contribution in [2.24, 2.45) is 0 Å². The van der Waals surface area contributed by atoms with E-state index in [1.54, 1.807) is 6.07 Å². The molecule has 0 spiro atoms. The quantitative estimate of drug-likeness (QED) is 0.902. The van der Waals surface area contributed by atoms with E-state index < -0.39 is 0 Å². The Morgan fingerprint density at radius 2 is 2.12 bits per heavy atom. The summed E-state index contributed by atoms with van der Waals surface area (Å²) in [5, 5.41) is 5.56. The molecule has 2 aromatic rings. The summed E-state index contributed by atoms with van der Waals surface area (Å²) in [5.41, 5.74) is 6.60. The maximum absolute atomic E-state index is 6.07. The first-order chi connectivity index (χ1) is 8.15. The maximum Gasteiger partial charge on any atom is 0.139 e. The van der Waals surface area contributed by atoms with Crippen molar-refractivity contribution in [3.05, 3.63) is 39.9 Å². The van der Waals surface area contributed by atoms with E-state index >= 15 is 0 Å². The van der Waals surface area contributed by atoms with Crippen LogP contribution in [0.15, 0.2) is 24.3 Å². The van der Waals surface area contributed by atoms with Crippen LogP contribution < -0.4 is 11.1 Å². The summed E-state index contributed by atoms with van der Waals surface area (Å²) in [6, 6.07) is 7.35. The first-order valence-electron chi connectivity index (χ1n) is 5.05. The molecule has 0 saturated carbocycles. The molecule has 0 saturated heterocycles. The third-order valence-corrected chi connectivity index (χ3v) is 3.58. The predicted molar refractivity (Wildman–Crippen MR) is 75.2 cm³/mol. The lowest BCUT2D eigenvalue weighted by Crippen LogP contribution is -2.03. The smallest absolute Gasteiger partial charge is 0.139 e. The third-order valence-electron chi connectivity index (χ3n) is 2.24. The first-order valence-corrected chi connectivity index (χ1v) is 6.58. The van der Waals surface area contributed by atoms with Gasteiger partial charge in [0, 0.05) is 22.7 Å². The van der Waals surface area contributed by atoms with E-state index in [1.165, 1.54) is 11.5 Å². The number of anilines is 2. The van der Waals surface area contributed by atoms with Gasteiger partial charge in [-0.25, -0.2) is 0 Å². The number of nitrogens with zero attached hydrogens (tertiary/aromatic N) is 1. The highest BCUT2D eigenvalue weighted by Crippen LogP contribution is 2.22. The lowest BCUT2D eigenvalue weighted by molar-refractivity contribution is 1.02. The molecule has 0 atom stereocenters. The second-order valence-corrected chi connectivity index (χ2v) is 5.18. The van der Waals surface area contributed by atoms with E-state index in [-0.39, 0.29) is 0 Å². The zero-order valence-electron chi connectivity index (χ0n) is 8.91. The van der Waals surface area contributed by atoms with Crippen LogP contribution in [-0.4, -0.2) is 10.9 Å². The first kappa shape index (κ1) is 12.5. The molecule has 0 aliphatic rings. The van der Waals surface area contributed by atoms with Gasteiger partial charge >= 0.3 is 0 Å². The van der Waals surface area contributed by atoms with Gasteiger partial charge in [0.1, 0.15) is 10.8 Å². The van der Waals surface area contributed by atoms with Crippen molar-refractivity contribution in [1.82, 2.24) is 4.37 Å². The summed E-state index contributed by atoms with van der Waals surface area (Å²) < 4.78 is 3.98. The number of nitrogen functional groups attached to an aromatic ring is 1. The van der Waals surface area contributed by atoms with Gasteiger partial charge in [0.2, 0.25) is 0 Å². The largest absolute Gasteiger partial charge is 0.383 e. The number of nitrogens with one attached hydrogen (secondary N) is 1. The van der Waals surface area contributed by atoms with Gasteiger partial charge in [-0.3, -0.25) is 0 Å². The number of nitrogens with two attached hydrogens (primary N) is 1. The second kappa shape index (κ2) is 5.58. The summed E-state index contributed by atoms with van der Waals surface area (Å²) in [7, 11) is 0. The zero-order valence-corrected chi connectivity index (χ0v) is 11.2. The topological polar surface area (TPSA) is 50.9 Å². The summed E-state index contributed by atoms with van der Waals surface area (Å²) in [5.74, 6) is 0.544. The Labute approximate surface area is 114 Å². The van der Waals surface area contributed by atoms with Crippen LogP contribution in [0.1, 0.15) is 5.56 Å². The van der Waals surface area contributed by atoms with Crippen molar-refractivity contribution in [2.45, 2.75) is 6.42 Å². The average molecular weight is 288 g/mol. The lowest BCUT2D eigenvalue weighted by Gasteiger charge is -2.05. The molecule has 17 heavy (non-hydrogen) atoms. The maximum atomic E-state index is 6.07. The Kier molecular flexibility index (Phi) is 4.10. The number of aromatic nitrogens is 1. The fraction of sp³-hybridized carbons (Fsp3) is 0.182. The summed E-state index contributed by atoms with van der Waals surface area (Å²) in [4.78, 5) is 0. The Bertz CT molecular complexity index is 513. The van der Waals surface area contributed by atoms with Crippen LogP contribution in [0.2, 0.25) is 10.0 Å². The van der Waals surface area contributed by atoms with E-state index in [2.05, 4.69) is 9.69 Å². The molecule has 1 aromatic heterocycles. The van der Waals surface area contributed by atoms with Crippen LogP contribution in [0, 0.1) is 0 Å². The fourth-order valence-electron chi connectivity index (χ4n) is 1.42. The van der Waals surface area contributed by atoms with Crippen LogP contribution in [0.3, 0.4) is 0 Å². The standard InChI is InChI=1S/C11H11Cl2N3S/c12-8-2-1-7(9(13)5-8)3-4-15-11-6-10(14)16-17-11/h1-2,5-6,15H,3-4H2,(H2,14,16). The Hall–Kier alpha value is -0.970. The molecule has 3 nitrogen and oxygen atoms in total. The SMILES string of the molecule is Nc1cc(NCCc2ccc(Cl)cc2Cl)sn1. The van der Waals surface area contributed by atoms with Gasteiger partial charge in [0.05, 0.1) is 0 Å². The van der Waals surface area contributed by atoms with Crippen molar-refractivity contribution >= 4 is 45.6 Å². The Morgan fingerprint density at radius 3 is 2.76 bits per heavy atom. The molecule has 0 aliphatic heterocycles. The minimum atomic E-state index is 0.544. The molecule has 1 heterocycles. The molecular weight excluding hydrogens is 277 g/mol. The Morgan fingerprint density at radius 1 is 1.29 bits per heavy atom. The molecule has 6 heteroatoms. The molecule has 3 N–H and O–H groups in total. The van der Waals surface area contributed by atoms with Gasteiger partial charge in [-0.1, -0.05) is 29.3 Å². The summed E-state index contributed by atoms with van der Waals surface area (Å²) in [6.45, 7) is 0.781. The van der Waals surface area contributed by atoms with E-state index in [9.17, 15) is 0 Å². The van der Waals surface area contributed by atoms with Crippen molar-refractivity contribution in [3.8, 4) is 0 Å². The molecular formula is C11H11Cl2N3S. The summed E-state index contributed by atoms with van der Waals surface area (Å²) in [6.07, 6.45) is 0.827. The number of hydrogen-bond donors (Lipinski definition) is 2. The average Bonchev–Trinajstić information content (AvgIpc) is 2.68. The van der Waals surface area contributed by atoms with E-state index in [1.807, 2.05) is 18.2 Å². The molecule has 90 valence electrons. The van der Waals surface area contributed by atoms with E-state index in [4.69, 9.17) is 28.9 Å². The molecule has 0 bridgehead atoms. The van der Waals surface area contributed by atoms with Crippen LogP contribution >= 0.6 is 34.7 Å². The van der Waals surface area contributed by atoms with Crippen LogP contribution in [0.25, 0.3) is 0 Å². The van der Waals surface area contributed by atoms with Crippen LogP contribution in [0.5, 0.6) is 0 Å². The number of hydrogen-bond acceptors (Lipinski definition) is 4. The monoisotopic (exact) mass is 287 g/mol. The molecule has 0 amide bonds. The van der Waals surface area contributed by atoms with E-state index in [0.717, 1.165) is 23.5 Å². The van der Waals surface area contributed by atoms with Crippen LogP contribution in [-0.2, 0) is 6.42 Å². The fourth-order valence-corrected chi connectivity index (χ4v) is 2.52. The minimum Gasteiger partial charge on any atom is -0.383 e. The molecule has 0 fully saturated rings. The third kappa shape index (κ3) is 3.49. The molecule has 2 rings (SSSR count). The van der Waals surface area contributed by atoms with Gasteiger partial charge in [-0.15, -0.1) is 0 Å². The van der Waals surface area contributed by atoms with Crippen molar-refractivity contribution < 1.29 is 0 Å². The van der Waals surface area contributed by atoms with Gasteiger partial charge < -0.3 is 11.1 Å². The highest BCUT2D eigenvalue weighted by atomic mass is 35.5. The van der Waals surface area contributed by atoms with Gasteiger partial charge in [-0.05, 0) is 35.6 Å². The van der Waals surface area contributed by atoms with Gasteiger partial charge in [0.15, 0.2) is 0 Å². The predicted octanol–water partition coefficient (Wildman–Crippen LogP) is 3.69. The Balaban J connectivity index is 1.90. The molecule has 0 radical (unpaired) electrons. The van der Waals surface area contributed by atoms with Gasteiger partial charge in [-0.2, -0.15) is 4.37 Å². The van der Waals surface area contributed by atoms with Crippen molar-refractivity contribution in [1.29, 1.82) is 0 Å². The number of rotatable bonds is 4. The molecule has 1 aromatic carbocycles. The lowest BCUT2D eigenvalue weighted by atomic mass is 10.1. The van der Waals surface area contributed by atoms with Gasteiger partial charge in [0.25, 0.3) is 0 Å². The molecule has 0 aliphatic carbocycles. The highest BCUT2D eigenvalue weighted by Gasteiger charge is 2.02. The second-order valence-electron chi connectivity index (χ2n) is 3.53. The minimum absolute atomic E-state index is 0.544. The highest BCUT2D eigenvalue weighted by molar-refractivity contribution is 7.10.